The molecule has 0 atom stereocenters. The lowest BCUT2D eigenvalue weighted by Gasteiger charge is -2.34. The molecule has 0 unspecified atom stereocenters. The monoisotopic (exact) mass is 383 g/mol. The molecule has 8 nitrogen and oxygen atoms in total. The second-order valence-corrected chi connectivity index (χ2v) is 7.27. The summed E-state index contributed by atoms with van der Waals surface area (Å²) in [6.45, 7) is 5.68. The zero-order valence-corrected chi connectivity index (χ0v) is 16.1. The molecule has 8 heteroatoms. The van der Waals surface area contributed by atoms with Gasteiger partial charge in [-0.25, -0.2) is 9.97 Å². The van der Waals surface area contributed by atoms with E-state index in [9.17, 15) is 9.59 Å². The molecule has 0 spiro atoms. The highest BCUT2D eigenvalue weighted by Crippen LogP contribution is 2.20. The lowest BCUT2D eigenvalue weighted by Crippen LogP contribution is -2.50. The normalized spacial score (nSPS) is 17.7. The van der Waals surface area contributed by atoms with Gasteiger partial charge in [-0.15, -0.1) is 0 Å². The second-order valence-electron chi connectivity index (χ2n) is 7.27. The van der Waals surface area contributed by atoms with Crippen LogP contribution in [0.3, 0.4) is 0 Å². The summed E-state index contributed by atoms with van der Waals surface area (Å²) >= 11 is 0. The minimum Gasteiger partial charge on any atom is -0.459 e. The van der Waals surface area contributed by atoms with Crippen molar-refractivity contribution < 1.29 is 14.0 Å². The van der Waals surface area contributed by atoms with Gasteiger partial charge in [0.2, 0.25) is 0 Å². The van der Waals surface area contributed by atoms with Gasteiger partial charge in [0.05, 0.1) is 6.26 Å². The van der Waals surface area contributed by atoms with Gasteiger partial charge >= 0.3 is 0 Å². The third kappa shape index (κ3) is 3.85. The molecule has 2 aliphatic heterocycles. The first-order valence-corrected chi connectivity index (χ1v) is 9.84. The summed E-state index contributed by atoms with van der Waals surface area (Å²) in [4.78, 5) is 40.0. The van der Waals surface area contributed by atoms with Crippen LogP contribution >= 0.6 is 0 Å². The number of hydrogen-bond acceptors (Lipinski definition) is 6. The fourth-order valence-corrected chi connectivity index (χ4v) is 3.78. The van der Waals surface area contributed by atoms with E-state index in [1.54, 1.807) is 28.0 Å². The van der Waals surface area contributed by atoms with E-state index in [-0.39, 0.29) is 11.8 Å². The van der Waals surface area contributed by atoms with Crippen molar-refractivity contribution in [1.82, 2.24) is 19.8 Å². The van der Waals surface area contributed by atoms with Crippen LogP contribution in [0.5, 0.6) is 0 Å². The first kappa shape index (κ1) is 18.5. The van der Waals surface area contributed by atoms with E-state index >= 15 is 0 Å². The second kappa shape index (κ2) is 8.00. The first-order chi connectivity index (χ1) is 13.6. The van der Waals surface area contributed by atoms with E-state index in [1.165, 1.54) is 12.7 Å². The van der Waals surface area contributed by atoms with Crippen LogP contribution in [-0.2, 0) is 0 Å². The number of aromatic nitrogens is 2. The molecule has 2 saturated heterocycles. The molecule has 0 bridgehead atoms. The molecule has 2 aromatic heterocycles. The van der Waals surface area contributed by atoms with Gasteiger partial charge < -0.3 is 19.1 Å². The van der Waals surface area contributed by atoms with Gasteiger partial charge in [0.1, 0.15) is 17.3 Å². The van der Waals surface area contributed by atoms with Crippen LogP contribution in [0.1, 0.15) is 46.1 Å². The number of aryl methyl sites for hydroxylation is 1. The molecule has 4 heterocycles. The summed E-state index contributed by atoms with van der Waals surface area (Å²) in [6.07, 6.45) is 5.04. The van der Waals surface area contributed by atoms with Crippen LogP contribution in [0.2, 0.25) is 0 Å². The minimum atomic E-state index is -0.137. The highest BCUT2D eigenvalue weighted by molar-refractivity contribution is 5.94. The zero-order chi connectivity index (χ0) is 19.5. The van der Waals surface area contributed by atoms with Crippen molar-refractivity contribution in [3.05, 3.63) is 41.7 Å². The molecule has 2 aliphatic rings. The van der Waals surface area contributed by atoms with Crippen LogP contribution < -0.4 is 4.90 Å². The Balaban J connectivity index is 1.42. The van der Waals surface area contributed by atoms with Gasteiger partial charge in [-0.05, 0) is 38.3 Å². The van der Waals surface area contributed by atoms with Gasteiger partial charge in [-0.3, -0.25) is 9.59 Å². The SMILES string of the molecule is Cc1nc(C(=O)N2CCN(C(=O)c3ccco3)CC2)cc(N2CCCCC2)n1. The van der Waals surface area contributed by atoms with Gasteiger partial charge in [-0.2, -0.15) is 0 Å². The molecule has 2 fully saturated rings. The van der Waals surface area contributed by atoms with E-state index in [0.29, 0.717) is 43.5 Å². The topological polar surface area (TPSA) is 82.8 Å². The van der Waals surface area contributed by atoms with Gasteiger partial charge in [0.15, 0.2) is 5.76 Å². The van der Waals surface area contributed by atoms with Crippen molar-refractivity contribution >= 4 is 17.6 Å². The Hall–Kier alpha value is -2.90. The molecule has 4 rings (SSSR count). The summed E-state index contributed by atoms with van der Waals surface area (Å²) in [5.41, 5.74) is 0.430. The number of anilines is 1. The maximum atomic E-state index is 13.0. The lowest BCUT2D eigenvalue weighted by molar-refractivity contribution is 0.0515. The average Bonchev–Trinajstić information content (AvgIpc) is 3.28. The van der Waals surface area contributed by atoms with Gasteiger partial charge in [0, 0.05) is 45.3 Å². The predicted octanol–water partition coefficient (Wildman–Crippen LogP) is 1.97. The summed E-state index contributed by atoms with van der Waals surface area (Å²) < 4.78 is 5.18. The summed E-state index contributed by atoms with van der Waals surface area (Å²) in [5.74, 6) is 1.54. The minimum absolute atomic E-state index is 0.103. The van der Waals surface area contributed by atoms with Crippen LogP contribution in [-0.4, -0.2) is 70.9 Å². The molecule has 0 saturated carbocycles. The van der Waals surface area contributed by atoms with Crippen molar-refractivity contribution in [3.63, 3.8) is 0 Å². The number of nitrogens with zero attached hydrogens (tertiary/aromatic N) is 5. The number of piperazine rings is 1. The predicted molar refractivity (Wildman–Crippen MR) is 103 cm³/mol. The maximum absolute atomic E-state index is 13.0. The summed E-state index contributed by atoms with van der Waals surface area (Å²) in [7, 11) is 0. The lowest BCUT2D eigenvalue weighted by atomic mass is 10.1. The third-order valence-electron chi connectivity index (χ3n) is 5.31. The van der Waals surface area contributed by atoms with E-state index in [1.807, 2.05) is 6.92 Å². The molecular weight excluding hydrogens is 358 g/mol. The Morgan fingerprint density at radius 2 is 1.61 bits per heavy atom. The highest BCUT2D eigenvalue weighted by atomic mass is 16.3. The average molecular weight is 383 g/mol. The molecule has 0 N–H and O–H groups in total. The molecule has 2 aromatic rings. The zero-order valence-electron chi connectivity index (χ0n) is 16.1. The molecule has 0 radical (unpaired) electrons. The Labute approximate surface area is 164 Å². The molecule has 2 amide bonds. The van der Waals surface area contributed by atoms with Crippen molar-refractivity contribution in [3.8, 4) is 0 Å². The third-order valence-corrected chi connectivity index (χ3v) is 5.31. The van der Waals surface area contributed by atoms with Crippen LogP contribution in [0, 0.1) is 6.92 Å². The Bertz CT molecular complexity index is 838. The van der Waals surface area contributed by atoms with Gasteiger partial charge in [0.25, 0.3) is 11.8 Å². The fourth-order valence-electron chi connectivity index (χ4n) is 3.78. The first-order valence-electron chi connectivity index (χ1n) is 9.84. The largest absolute Gasteiger partial charge is 0.459 e. The van der Waals surface area contributed by atoms with Crippen molar-refractivity contribution in [1.29, 1.82) is 0 Å². The van der Waals surface area contributed by atoms with Crippen molar-refractivity contribution in [2.75, 3.05) is 44.2 Å². The summed E-state index contributed by atoms with van der Waals surface area (Å²) in [5, 5.41) is 0. The number of rotatable bonds is 3. The quantitative estimate of drug-likeness (QED) is 0.806. The smallest absolute Gasteiger partial charge is 0.289 e. The Kier molecular flexibility index (Phi) is 5.27. The molecular formula is C20H25N5O3. The van der Waals surface area contributed by atoms with E-state index in [0.717, 1.165) is 31.7 Å². The number of furan rings is 1. The molecule has 28 heavy (non-hydrogen) atoms. The van der Waals surface area contributed by atoms with E-state index < -0.39 is 0 Å². The number of piperidine rings is 1. The number of carbonyl (C=O) groups excluding carboxylic acids is 2. The molecule has 148 valence electrons. The van der Waals surface area contributed by atoms with E-state index in [2.05, 4.69) is 14.9 Å². The van der Waals surface area contributed by atoms with Crippen molar-refractivity contribution in [2.45, 2.75) is 26.2 Å². The van der Waals surface area contributed by atoms with Gasteiger partial charge in [-0.1, -0.05) is 0 Å². The van der Waals surface area contributed by atoms with Crippen LogP contribution in [0.15, 0.2) is 28.9 Å². The van der Waals surface area contributed by atoms with Crippen LogP contribution in [0.25, 0.3) is 0 Å². The number of hydrogen-bond donors (Lipinski definition) is 0. The Morgan fingerprint density at radius 1 is 0.929 bits per heavy atom. The molecule has 0 aromatic carbocycles. The highest BCUT2D eigenvalue weighted by Gasteiger charge is 2.28. The fraction of sp³-hybridized carbons (Fsp3) is 0.500. The molecule has 0 aliphatic carbocycles. The standard InChI is InChI=1S/C20H25N5O3/c1-15-21-16(14-18(22-15)23-7-3-2-4-8-23)19(26)24-9-11-25(12-10-24)20(27)17-6-5-13-28-17/h5-6,13-14H,2-4,7-12H2,1H3. The summed E-state index contributed by atoms with van der Waals surface area (Å²) in [6, 6.07) is 5.16. The number of carbonyl (C=O) groups is 2. The Morgan fingerprint density at radius 3 is 2.25 bits per heavy atom. The van der Waals surface area contributed by atoms with E-state index in [4.69, 9.17) is 4.42 Å². The maximum Gasteiger partial charge on any atom is 0.289 e. The van der Waals surface area contributed by atoms with Crippen molar-refractivity contribution in [2.24, 2.45) is 0 Å². The number of amides is 2. The van der Waals surface area contributed by atoms with Crippen LogP contribution in [0.4, 0.5) is 5.82 Å².